The topological polar surface area (TPSA) is 40.5 Å². The molecule has 1 aromatic carbocycles. The number of benzene rings is 1. The van der Waals surface area contributed by atoms with Crippen molar-refractivity contribution < 1.29 is 9.90 Å². The molecule has 1 heterocycles. The van der Waals surface area contributed by atoms with Gasteiger partial charge in [-0.1, -0.05) is 24.3 Å². The maximum absolute atomic E-state index is 12.2. The molecule has 0 amide bonds. The fourth-order valence-electron chi connectivity index (χ4n) is 2.63. The van der Waals surface area contributed by atoms with Crippen LogP contribution in [0.2, 0.25) is 0 Å². The molecule has 1 N–H and O–H groups in total. The average molecular weight is 247 g/mol. The predicted molar refractivity (Wildman–Crippen MR) is 71.8 cm³/mol. The molecular formula is C15H21NO2. The molecule has 2 rings (SSSR count). The summed E-state index contributed by atoms with van der Waals surface area (Å²) in [4.78, 5) is 14.3. The SMILES string of the molecule is Cc1ccccc1C(=O)CN1CCCC(C)(O)C1. The Kier molecular flexibility index (Phi) is 3.83. The number of carbonyl (C=O) groups excluding carboxylic acids is 1. The van der Waals surface area contributed by atoms with Gasteiger partial charge in [-0.05, 0) is 38.8 Å². The molecule has 0 radical (unpaired) electrons. The minimum atomic E-state index is -0.649. The van der Waals surface area contributed by atoms with Crippen molar-refractivity contribution in [2.45, 2.75) is 32.3 Å². The van der Waals surface area contributed by atoms with E-state index in [4.69, 9.17) is 0 Å². The number of hydrogen-bond donors (Lipinski definition) is 1. The summed E-state index contributed by atoms with van der Waals surface area (Å²) in [5.41, 5.74) is 1.17. The maximum atomic E-state index is 12.2. The van der Waals surface area contributed by atoms with Gasteiger partial charge in [-0.25, -0.2) is 0 Å². The average Bonchev–Trinajstić information content (AvgIpc) is 2.28. The summed E-state index contributed by atoms with van der Waals surface area (Å²) < 4.78 is 0. The zero-order valence-electron chi connectivity index (χ0n) is 11.1. The van der Waals surface area contributed by atoms with Crippen LogP contribution in [0.4, 0.5) is 0 Å². The summed E-state index contributed by atoms with van der Waals surface area (Å²) in [5, 5.41) is 10.0. The van der Waals surface area contributed by atoms with Crippen molar-refractivity contribution >= 4 is 5.78 Å². The first-order chi connectivity index (χ1) is 8.48. The number of carbonyl (C=O) groups is 1. The number of likely N-dealkylation sites (tertiary alicyclic amines) is 1. The van der Waals surface area contributed by atoms with Gasteiger partial charge in [-0.2, -0.15) is 0 Å². The summed E-state index contributed by atoms with van der Waals surface area (Å²) in [5.74, 6) is 0.144. The van der Waals surface area contributed by atoms with Crippen molar-refractivity contribution in [3.63, 3.8) is 0 Å². The molecule has 0 aromatic heterocycles. The lowest BCUT2D eigenvalue weighted by Crippen LogP contribution is -2.47. The Morgan fingerprint density at radius 1 is 1.44 bits per heavy atom. The second kappa shape index (κ2) is 5.21. The molecule has 1 fully saturated rings. The zero-order valence-corrected chi connectivity index (χ0v) is 11.1. The van der Waals surface area contributed by atoms with Crippen LogP contribution in [0.3, 0.4) is 0 Å². The molecule has 98 valence electrons. The fourth-order valence-corrected chi connectivity index (χ4v) is 2.63. The van der Waals surface area contributed by atoms with Crippen LogP contribution < -0.4 is 0 Å². The Morgan fingerprint density at radius 3 is 2.83 bits per heavy atom. The van der Waals surface area contributed by atoms with Gasteiger partial charge in [0.15, 0.2) is 5.78 Å². The van der Waals surface area contributed by atoms with Crippen molar-refractivity contribution in [2.75, 3.05) is 19.6 Å². The van der Waals surface area contributed by atoms with Gasteiger partial charge in [0.1, 0.15) is 0 Å². The summed E-state index contributed by atoms with van der Waals surface area (Å²) in [7, 11) is 0. The summed E-state index contributed by atoms with van der Waals surface area (Å²) in [6, 6.07) is 7.67. The molecule has 1 aliphatic heterocycles. The molecule has 3 heteroatoms. The summed E-state index contributed by atoms with van der Waals surface area (Å²) >= 11 is 0. The number of aryl methyl sites for hydroxylation is 1. The smallest absolute Gasteiger partial charge is 0.177 e. The van der Waals surface area contributed by atoms with Crippen LogP contribution in [0.5, 0.6) is 0 Å². The molecule has 1 aromatic rings. The molecule has 0 saturated carbocycles. The molecule has 0 bridgehead atoms. The molecule has 1 atom stereocenters. The van der Waals surface area contributed by atoms with Gasteiger partial charge in [-0.3, -0.25) is 9.69 Å². The lowest BCUT2D eigenvalue weighted by molar-refractivity contribution is -0.0132. The van der Waals surface area contributed by atoms with Gasteiger partial charge in [0.2, 0.25) is 0 Å². The fraction of sp³-hybridized carbons (Fsp3) is 0.533. The Bertz CT molecular complexity index is 440. The number of rotatable bonds is 3. The lowest BCUT2D eigenvalue weighted by Gasteiger charge is -2.36. The first-order valence-electron chi connectivity index (χ1n) is 6.51. The van der Waals surface area contributed by atoms with E-state index in [0.717, 1.165) is 30.5 Å². The van der Waals surface area contributed by atoms with Crippen LogP contribution in [-0.2, 0) is 0 Å². The van der Waals surface area contributed by atoms with E-state index < -0.39 is 5.60 Å². The number of β-amino-alcohol motifs (C(OH)–C–C–N with tert-alkyl or cyclic N) is 1. The Morgan fingerprint density at radius 2 is 2.17 bits per heavy atom. The van der Waals surface area contributed by atoms with Crippen LogP contribution in [0.1, 0.15) is 35.7 Å². The Balaban J connectivity index is 2.02. The number of ketones is 1. The zero-order chi connectivity index (χ0) is 13.2. The highest BCUT2D eigenvalue weighted by molar-refractivity contribution is 5.98. The monoisotopic (exact) mass is 247 g/mol. The van der Waals surface area contributed by atoms with Crippen LogP contribution in [0, 0.1) is 6.92 Å². The molecule has 18 heavy (non-hydrogen) atoms. The lowest BCUT2D eigenvalue weighted by atomic mass is 9.94. The standard InChI is InChI=1S/C15H21NO2/c1-12-6-3-4-7-13(12)14(17)10-16-9-5-8-15(2,18)11-16/h3-4,6-7,18H,5,8-11H2,1-2H3. The van der Waals surface area contributed by atoms with E-state index in [1.54, 1.807) is 0 Å². The third-order valence-corrected chi connectivity index (χ3v) is 3.57. The van der Waals surface area contributed by atoms with Crippen molar-refractivity contribution in [1.82, 2.24) is 4.90 Å². The maximum Gasteiger partial charge on any atom is 0.177 e. The van der Waals surface area contributed by atoms with Crippen molar-refractivity contribution in [2.24, 2.45) is 0 Å². The van der Waals surface area contributed by atoms with Crippen LogP contribution in [0.15, 0.2) is 24.3 Å². The quantitative estimate of drug-likeness (QED) is 0.831. The van der Waals surface area contributed by atoms with E-state index in [2.05, 4.69) is 4.90 Å². The summed E-state index contributed by atoms with van der Waals surface area (Å²) in [6.07, 6.45) is 1.77. The minimum absolute atomic E-state index is 0.144. The Hall–Kier alpha value is -1.19. The van der Waals surface area contributed by atoms with Crippen LogP contribution in [-0.4, -0.2) is 41.0 Å². The highest BCUT2D eigenvalue weighted by Crippen LogP contribution is 2.20. The third kappa shape index (κ3) is 3.18. The second-order valence-electron chi connectivity index (χ2n) is 5.55. The first kappa shape index (κ1) is 13.2. The van der Waals surface area contributed by atoms with E-state index in [-0.39, 0.29) is 5.78 Å². The van der Waals surface area contributed by atoms with Crippen molar-refractivity contribution in [3.05, 3.63) is 35.4 Å². The molecule has 3 nitrogen and oxygen atoms in total. The van der Waals surface area contributed by atoms with Crippen LogP contribution in [0.25, 0.3) is 0 Å². The third-order valence-electron chi connectivity index (χ3n) is 3.57. The largest absolute Gasteiger partial charge is 0.389 e. The number of hydrogen-bond acceptors (Lipinski definition) is 3. The predicted octanol–water partition coefficient (Wildman–Crippen LogP) is 2.02. The molecular weight excluding hydrogens is 226 g/mol. The molecule has 0 spiro atoms. The van der Waals surface area contributed by atoms with Gasteiger partial charge in [0.25, 0.3) is 0 Å². The van der Waals surface area contributed by atoms with Gasteiger partial charge < -0.3 is 5.11 Å². The number of nitrogens with zero attached hydrogens (tertiary/aromatic N) is 1. The Labute approximate surface area is 108 Å². The highest BCUT2D eigenvalue weighted by Gasteiger charge is 2.29. The van der Waals surface area contributed by atoms with Crippen LogP contribution >= 0.6 is 0 Å². The number of piperidine rings is 1. The van der Waals surface area contributed by atoms with Gasteiger partial charge in [0.05, 0.1) is 12.1 Å². The van der Waals surface area contributed by atoms with Crippen molar-refractivity contribution in [3.8, 4) is 0 Å². The second-order valence-corrected chi connectivity index (χ2v) is 5.55. The van der Waals surface area contributed by atoms with E-state index in [9.17, 15) is 9.90 Å². The van der Waals surface area contributed by atoms with Gasteiger partial charge in [-0.15, -0.1) is 0 Å². The number of Topliss-reactive ketones (excluding diaryl/α,β-unsaturated/α-hetero) is 1. The highest BCUT2D eigenvalue weighted by atomic mass is 16.3. The van der Waals surface area contributed by atoms with Gasteiger partial charge in [0, 0.05) is 12.1 Å². The van der Waals surface area contributed by atoms with E-state index in [1.807, 2.05) is 38.1 Å². The molecule has 1 unspecified atom stereocenters. The normalized spacial score (nSPS) is 25.1. The van der Waals surface area contributed by atoms with Gasteiger partial charge >= 0.3 is 0 Å². The minimum Gasteiger partial charge on any atom is -0.389 e. The van der Waals surface area contributed by atoms with E-state index >= 15 is 0 Å². The molecule has 1 aliphatic rings. The van der Waals surface area contributed by atoms with Crippen molar-refractivity contribution in [1.29, 1.82) is 0 Å². The first-order valence-corrected chi connectivity index (χ1v) is 6.51. The number of aliphatic hydroxyl groups is 1. The van der Waals surface area contributed by atoms with E-state index in [1.165, 1.54) is 0 Å². The molecule has 0 aliphatic carbocycles. The summed E-state index contributed by atoms with van der Waals surface area (Å²) in [6.45, 7) is 5.69. The van der Waals surface area contributed by atoms with E-state index in [0.29, 0.717) is 13.1 Å². The molecule has 1 saturated heterocycles.